The molecule has 0 aromatic carbocycles. The third-order valence-electron chi connectivity index (χ3n) is 2.19. The van der Waals surface area contributed by atoms with Crippen molar-refractivity contribution in [2.24, 2.45) is 5.92 Å². The monoisotopic (exact) mass is 185 g/mol. The number of carbonyl (C=O) groups is 1. The van der Waals surface area contributed by atoms with Crippen LogP contribution in [0.15, 0.2) is 0 Å². The fraction of sp³-hybridized carbons (Fsp3) is 0.900. The van der Waals surface area contributed by atoms with E-state index in [1.165, 1.54) is 0 Å². The lowest BCUT2D eigenvalue weighted by Gasteiger charge is -2.23. The second kappa shape index (κ2) is 3.66. The van der Waals surface area contributed by atoms with E-state index in [1.54, 1.807) is 0 Å². The minimum atomic E-state index is -0.374. The van der Waals surface area contributed by atoms with E-state index in [9.17, 15) is 4.79 Å². The molecule has 0 amide bonds. The van der Waals surface area contributed by atoms with Crippen molar-refractivity contribution in [2.45, 2.75) is 45.8 Å². The van der Waals surface area contributed by atoms with Crippen LogP contribution in [0, 0.1) is 5.92 Å². The maximum absolute atomic E-state index is 11.6. The van der Waals surface area contributed by atoms with Crippen molar-refractivity contribution in [1.29, 1.82) is 0 Å². The quantitative estimate of drug-likeness (QED) is 0.626. The number of carbonyl (C=O) groups excluding carboxylic acids is 1. The number of hydrogen-bond acceptors (Lipinski definition) is 3. The zero-order valence-electron chi connectivity index (χ0n) is 8.89. The lowest BCUT2D eigenvalue weighted by molar-refractivity contribution is -0.158. The molecule has 0 aromatic rings. The van der Waals surface area contributed by atoms with Gasteiger partial charge in [-0.2, -0.15) is 0 Å². The highest BCUT2D eigenvalue weighted by Crippen LogP contribution is 2.18. The molecule has 1 aliphatic rings. The average molecular weight is 185 g/mol. The van der Waals surface area contributed by atoms with Gasteiger partial charge in [0.25, 0.3) is 0 Å². The molecule has 0 radical (unpaired) electrons. The Bertz CT molecular complexity index is 196. The van der Waals surface area contributed by atoms with Crippen LogP contribution in [0.1, 0.15) is 34.1 Å². The van der Waals surface area contributed by atoms with E-state index in [0.29, 0.717) is 5.92 Å². The first-order valence-corrected chi connectivity index (χ1v) is 4.86. The summed E-state index contributed by atoms with van der Waals surface area (Å²) < 4.78 is 5.29. The molecule has 1 saturated heterocycles. The Kier molecular flexibility index (Phi) is 2.96. The van der Waals surface area contributed by atoms with Gasteiger partial charge in [-0.25, -0.2) is 0 Å². The maximum atomic E-state index is 11.6. The van der Waals surface area contributed by atoms with Gasteiger partial charge in [-0.05, 0) is 39.7 Å². The summed E-state index contributed by atoms with van der Waals surface area (Å²) in [6.07, 6.45) is 1.06. The molecule has 1 aliphatic heterocycles. The molecule has 3 nitrogen and oxygen atoms in total. The molecule has 1 fully saturated rings. The summed E-state index contributed by atoms with van der Waals surface area (Å²) in [6, 6.07) is -0.0979. The lowest BCUT2D eigenvalue weighted by Crippen LogP contribution is -2.40. The SMILES string of the molecule is C[C@@H]1CCN[C@H]1C(=O)OC(C)(C)C. The van der Waals surface area contributed by atoms with E-state index in [-0.39, 0.29) is 17.6 Å². The van der Waals surface area contributed by atoms with E-state index >= 15 is 0 Å². The zero-order valence-corrected chi connectivity index (χ0v) is 8.89. The molecule has 0 aliphatic carbocycles. The molecule has 13 heavy (non-hydrogen) atoms. The van der Waals surface area contributed by atoms with Crippen molar-refractivity contribution in [3.05, 3.63) is 0 Å². The molecule has 1 heterocycles. The minimum Gasteiger partial charge on any atom is -0.459 e. The van der Waals surface area contributed by atoms with Crippen LogP contribution in [0.3, 0.4) is 0 Å². The highest BCUT2D eigenvalue weighted by atomic mass is 16.6. The second-order valence-corrected chi connectivity index (χ2v) is 4.73. The van der Waals surface area contributed by atoms with Crippen LogP contribution < -0.4 is 5.32 Å². The molecule has 0 bridgehead atoms. The van der Waals surface area contributed by atoms with Crippen molar-refractivity contribution < 1.29 is 9.53 Å². The van der Waals surface area contributed by atoms with Crippen molar-refractivity contribution >= 4 is 5.97 Å². The molecular weight excluding hydrogens is 166 g/mol. The highest BCUT2D eigenvalue weighted by Gasteiger charge is 2.32. The summed E-state index contributed by atoms with van der Waals surface area (Å²) in [6.45, 7) is 8.68. The van der Waals surface area contributed by atoms with E-state index in [2.05, 4.69) is 12.2 Å². The van der Waals surface area contributed by atoms with Gasteiger partial charge in [-0.15, -0.1) is 0 Å². The molecule has 0 saturated carbocycles. The second-order valence-electron chi connectivity index (χ2n) is 4.73. The van der Waals surface area contributed by atoms with Crippen molar-refractivity contribution in [3.63, 3.8) is 0 Å². The fourth-order valence-electron chi connectivity index (χ4n) is 1.52. The third-order valence-corrected chi connectivity index (χ3v) is 2.19. The van der Waals surface area contributed by atoms with Crippen LogP contribution in [-0.2, 0) is 9.53 Å². The van der Waals surface area contributed by atoms with Crippen LogP contribution in [0.4, 0.5) is 0 Å². The summed E-state index contributed by atoms with van der Waals surface area (Å²) in [7, 11) is 0. The summed E-state index contributed by atoms with van der Waals surface area (Å²) in [5, 5.41) is 3.15. The smallest absolute Gasteiger partial charge is 0.323 e. The topological polar surface area (TPSA) is 38.3 Å². The van der Waals surface area contributed by atoms with Gasteiger partial charge < -0.3 is 10.1 Å². The Morgan fingerprint density at radius 1 is 1.46 bits per heavy atom. The van der Waals surface area contributed by atoms with Crippen molar-refractivity contribution in [2.75, 3.05) is 6.54 Å². The summed E-state index contributed by atoms with van der Waals surface area (Å²) in [4.78, 5) is 11.6. The van der Waals surface area contributed by atoms with Crippen LogP contribution in [0.5, 0.6) is 0 Å². The van der Waals surface area contributed by atoms with Crippen LogP contribution in [0.25, 0.3) is 0 Å². The Morgan fingerprint density at radius 2 is 2.08 bits per heavy atom. The van der Waals surface area contributed by atoms with E-state index in [4.69, 9.17) is 4.74 Å². The van der Waals surface area contributed by atoms with Gasteiger partial charge in [0.15, 0.2) is 0 Å². The Labute approximate surface area is 79.8 Å². The molecule has 1 rings (SSSR count). The fourth-order valence-corrected chi connectivity index (χ4v) is 1.52. The van der Waals surface area contributed by atoms with Gasteiger partial charge in [0.1, 0.15) is 11.6 Å². The first-order valence-electron chi connectivity index (χ1n) is 4.86. The summed E-state index contributed by atoms with van der Waals surface area (Å²) >= 11 is 0. The predicted octanol–water partition coefficient (Wildman–Crippen LogP) is 1.33. The predicted molar refractivity (Wildman–Crippen MR) is 51.4 cm³/mol. The zero-order chi connectivity index (χ0) is 10.1. The van der Waals surface area contributed by atoms with Crippen LogP contribution >= 0.6 is 0 Å². The van der Waals surface area contributed by atoms with E-state index in [1.807, 2.05) is 20.8 Å². The van der Waals surface area contributed by atoms with Crippen LogP contribution in [0.2, 0.25) is 0 Å². The molecule has 76 valence electrons. The molecule has 0 spiro atoms. The van der Waals surface area contributed by atoms with Gasteiger partial charge in [0.2, 0.25) is 0 Å². The van der Waals surface area contributed by atoms with Crippen LogP contribution in [-0.4, -0.2) is 24.2 Å². The number of esters is 1. The van der Waals surface area contributed by atoms with E-state index < -0.39 is 0 Å². The molecule has 2 atom stereocenters. The Balaban J connectivity index is 2.48. The van der Waals surface area contributed by atoms with Gasteiger partial charge in [-0.3, -0.25) is 4.79 Å². The first-order chi connectivity index (χ1) is 5.90. The molecule has 0 unspecified atom stereocenters. The number of hydrogen-bond donors (Lipinski definition) is 1. The Hall–Kier alpha value is -0.570. The number of rotatable bonds is 1. The lowest BCUT2D eigenvalue weighted by atomic mass is 10.0. The highest BCUT2D eigenvalue weighted by molar-refractivity contribution is 5.76. The van der Waals surface area contributed by atoms with Crippen molar-refractivity contribution in [1.82, 2.24) is 5.32 Å². The minimum absolute atomic E-state index is 0.0979. The average Bonchev–Trinajstić information content (AvgIpc) is 2.30. The summed E-state index contributed by atoms with van der Waals surface area (Å²) in [5.74, 6) is 0.285. The third kappa shape index (κ3) is 2.99. The largest absolute Gasteiger partial charge is 0.459 e. The summed E-state index contributed by atoms with van der Waals surface area (Å²) in [5.41, 5.74) is -0.374. The molecular formula is C10H19NO2. The number of nitrogens with one attached hydrogen (secondary N) is 1. The molecule has 3 heteroatoms. The van der Waals surface area contributed by atoms with Gasteiger partial charge >= 0.3 is 5.97 Å². The van der Waals surface area contributed by atoms with Gasteiger partial charge in [-0.1, -0.05) is 6.92 Å². The number of ether oxygens (including phenoxy) is 1. The molecule has 0 aromatic heterocycles. The standard InChI is InChI=1S/C10H19NO2/c1-7-5-6-11-8(7)9(12)13-10(2,3)4/h7-8,11H,5-6H2,1-4H3/t7-,8-/m1/s1. The van der Waals surface area contributed by atoms with Gasteiger partial charge in [0.05, 0.1) is 0 Å². The first kappa shape index (κ1) is 10.5. The van der Waals surface area contributed by atoms with E-state index in [0.717, 1.165) is 13.0 Å². The Morgan fingerprint density at radius 3 is 2.46 bits per heavy atom. The molecule has 1 N–H and O–H groups in total. The van der Waals surface area contributed by atoms with Crippen molar-refractivity contribution in [3.8, 4) is 0 Å². The maximum Gasteiger partial charge on any atom is 0.323 e. The normalized spacial score (nSPS) is 28.9. The van der Waals surface area contributed by atoms with Gasteiger partial charge in [0, 0.05) is 0 Å².